The van der Waals surface area contributed by atoms with Crippen LogP contribution in [-0.4, -0.2) is 29.3 Å². The van der Waals surface area contributed by atoms with Crippen LogP contribution in [0.25, 0.3) is 10.7 Å². The van der Waals surface area contributed by atoms with Gasteiger partial charge in [0.2, 0.25) is 5.82 Å². The molecule has 0 aliphatic rings. The molecule has 4 rings (SSSR count). The summed E-state index contributed by atoms with van der Waals surface area (Å²) in [7, 11) is 0. The maximum Gasteiger partial charge on any atom is 0.342 e. The predicted octanol–water partition coefficient (Wildman–Crippen LogP) is 4.61. The average Bonchev–Trinajstić information content (AvgIpc) is 3.48. The SMILES string of the molecule is O=C(OCc1nc(-c2cccs2)no1)c1ccccc1OCCOc1ccccc1. The van der Waals surface area contributed by atoms with E-state index in [1.165, 1.54) is 11.3 Å². The molecule has 0 aliphatic heterocycles. The standard InChI is InChI=1S/C22H18N2O5S/c25-22(28-15-20-23-21(24-29-20)19-11-6-14-30-19)17-9-4-5-10-18(17)27-13-12-26-16-7-2-1-3-8-16/h1-11,14H,12-13,15H2. The zero-order chi connectivity index (χ0) is 20.6. The molecule has 4 aromatic rings. The average molecular weight is 422 g/mol. The van der Waals surface area contributed by atoms with Gasteiger partial charge in [-0.2, -0.15) is 4.98 Å². The number of aromatic nitrogens is 2. The largest absolute Gasteiger partial charge is 0.490 e. The number of thiophene rings is 1. The number of nitrogens with zero attached hydrogens (tertiary/aromatic N) is 2. The van der Waals surface area contributed by atoms with Gasteiger partial charge in [-0.05, 0) is 35.7 Å². The zero-order valence-corrected chi connectivity index (χ0v) is 16.7. The van der Waals surface area contributed by atoms with Gasteiger partial charge < -0.3 is 18.7 Å². The molecule has 0 saturated carbocycles. The second-order valence-electron chi connectivity index (χ2n) is 6.07. The fourth-order valence-electron chi connectivity index (χ4n) is 2.61. The molecule has 0 fully saturated rings. The first-order valence-electron chi connectivity index (χ1n) is 9.23. The van der Waals surface area contributed by atoms with Crippen molar-refractivity contribution in [3.05, 3.63) is 83.6 Å². The van der Waals surface area contributed by atoms with Crippen molar-refractivity contribution in [2.45, 2.75) is 6.61 Å². The minimum absolute atomic E-state index is 0.122. The Hall–Kier alpha value is -3.65. The maximum atomic E-state index is 12.5. The molecule has 0 N–H and O–H groups in total. The molecule has 0 aliphatic carbocycles. The van der Waals surface area contributed by atoms with Crippen LogP contribution in [0.5, 0.6) is 11.5 Å². The predicted molar refractivity (Wildman–Crippen MR) is 111 cm³/mol. The second-order valence-corrected chi connectivity index (χ2v) is 7.02. The van der Waals surface area contributed by atoms with Crippen molar-refractivity contribution in [2.75, 3.05) is 13.2 Å². The normalized spacial score (nSPS) is 10.5. The van der Waals surface area contributed by atoms with Crippen LogP contribution in [0, 0.1) is 0 Å². The second kappa shape index (κ2) is 9.71. The van der Waals surface area contributed by atoms with Crippen molar-refractivity contribution in [3.8, 4) is 22.2 Å². The van der Waals surface area contributed by atoms with Crippen molar-refractivity contribution >= 4 is 17.3 Å². The first-order valence-corrected chi connectivity index (χ1v) is 10.1. The van der Waals surface area contributed by atoms with Gasteiger partial charge >= 0.3 is 5.97 Å². The van der Waals surface area contributed by atoms with E-state index < -0.39 is 5.97 Å². The Bertz CT molecular complexity index is 1080. The van der Waals surface area contributed by atoms with Crippen LogP contribution in [0.15, 0.2) is 76.6 Å². The lowest BCUT2D eigenvalue weighted by Crippen LogP contribution is -2.12. The molecule has 0 atom stereocenters. The molecule has 152 valence electrons. The number of para-hydroxylation sites is 2. The summed E-state index contributed by atoms with van der Waals surface area (Å²) >= 11 is 1.50. The summed E-state index contributed by atoms with van der Waals surface area (Å²) in [6.07, 6.45) is 0. The van der Waals surface area contributed by atoms with Crippen LogP contribution in [0.3, 0.4) is 0 Å². The Morgan fingerprint density at radius 1 is 0.933 bits per heavy atom. The third-order valence-electron chi connectivity index (χ3n) is 4.00. The monoisotopic (exact) mass is 422 g/mol. The lowest BCUT2D eigenvalue weighted by molar-refractivity contribution is 0.0424. The number of esters is 1. The van der Waals surface area contributed by atoms with Gasteiger partial charge in [-0.1, -0.05) is 41.6 Å². The van der Waals surface area contributed by atoms with Gasteiger partial charge in [0.1, 0.15) is 30.3 Å². The van der Waals surface area contributed by atoms with E-state index in [4.69, 9.17) is 18.7 Å². The minimum atomic E-state index is -0.537. The number of ether oxygens (including phenoxy) is 3. The molecule has 0 bridgehead atoms. The summed E-state index contributed by atoms with van der Waals surface area (Å²) in [6, 6.07) is 20.1. The highest BCUT2D eigenvalue weighted by atomic mass is 32.1. The number of rotatable bonds is 9. The quantitative estimate of drug-likeness (QED) is 0.288. The van der Waals surface area contributed by atoms with E-state index >= 15 is 0 Å². The first-order chi connectivity index (χ1) is 14.8. The molecule has 0 amide bonds. The van der Waals surface area contributed by atoms with Crippen molar-refractivity contribution in [1.29, 1.82) is 0 Å². The molecule has 0 unspecified atom stereocenters. The van der Waals surface area contributed by atoms with Crippen LogP contribution in [0.1, 0.15) is 16.2 Å². The first kappa shape index (κ1) is 19.7. The van der Waals surface area contributed by atoms with Gasteiger partial charge in [-0.3, -0.25) is 0 Å². The van der Waals surface area contributed by atoms with Crippen molar-refractivity contribution < 1.29 is 23.5 Å². The van der Waals surface area contributed by atoms with Crippen molar-refractivity contribution in [1.82, 2.24) is 10.1 Å². The van der Waals surface area contributed by atoms with Gasteiger partial charge in [0.15, 0.2) is 6.61 Å². The summed E-state index contributed by atoms with van der Waals surface area (Å²) in [5.41, 5.74) is 0.315. The highest BCUT2D eigenvalue weighted by Crippen LogP contribution is 2.22. The molecule has 0 saturated heterocycles. The molecule has 2 heterocycles. The zero-order valence-electron chi connectivity index (χ0n) is 15.9. The van der Waals surface area contributed by atoms with E-state index in [9.17, 15) is 4.79 Å². The molecule has 8 heteroatoms. The van der Waals surface area contributed by atoms with E-state index in [1.807, 2.05) is 47.8 Å². The van der Waals surface area contributed by atoms with Crippen LogP contribution in [0.2, 0.25) is 0 Å². The van der Waals surface area contributed by atoms with E-state index in [1.54, 1.807) is 24.3 Å². The Kier molecular flexibility index (Phi) is 6.36. The van der Waals surface area contributed by atoms with Crippen LogP contribution in [0.4, 0.5) is 0 Å². The number of benzene rings is 2. The van der Waals surface area contributed by atoms with Crippen molar-refractivity contribution in [3.63, 3.8) is 0 Å². The molecule has 2 aromatic heterocycles. The van der Waals surface area contributed by atoms with Crippen LogP contribution >= 0.6 is 11.3 Å². The molecule has 7 nitrogen and oxygen atoms in total. The summed E-state index contributed by atoms with van der Waals surface area (Å²) in [4.78, 5) is 17.6. The summed E-state index contributed by atoms with van der Waals surface area (Å²) in [5, 5.41) is 5.82. The number of carbonyl (C=O) groups excluding carboxylic acids is 1. The van der Waals surface area contributed by atoms with Crippen LogP contribution in [-0.2, 0) is 11.3 Å². The molecular weight excluding hydrogens is 404 g/mol. The van der Waals surface area contributed by atoms with E-state index in [0.29, 0.717) is 23.7 Å². The topological polar surface area (TPSA) is 83.7 Å². The molecule has 30 heavy (non-hydrogen) atoms. The van der Waals surface area contributed by atoms with Gasteiger partial charge in [-0.15, -0.1) is 11.3 Å². The molecule has 0 spiro atoms. The third-order valence-corrected chi connectivity index (χ3v) is 4.86. The number of hydrogen-bond acceptors (Lipinski definition) is 8. The summed E-state index contributed by atoms with van der Waals surface area (Å²) < 4.78 is 21.8. The smallest absolute Gasteiger partial charge is 0.342 e. The van der Waals surface area contributed by atoms with Gasteiger partial charge in [0.25, 0.3) is 5.89 Å². The van der Waals surface area contributed by atoms with Crippen LogP contribution < -0.4 is 9.47 Å². The number of carbonyl (C=O) groups is 1. The Morgan fingerprint density at radius 2 is 1.73 bits per heavy atom. The number of hydrogen-bond donors (Lipinski definition) is 0. The molecule has 2 aromatic carbocycles. The van der Waals surface area contributed by atoms with Gasteiger partial charge in [0, 0.05) is 0 Å². The summed E-state index contributed by atoms with van der Waals surface area (Å²) in [5.74, 6) is 1.34. The van der Waals surface area contributed by atoms with E-state index in [-0.39, 0.29) is 19.1 Å². The van der Waals surface area contributed by atoms with E-state index in [0.717, 1.165) is 10.6 Å². The maximum absolute atomic E-state index is 12.5. The third kappa shape index (κ3) is 5.03. The Balaban J connectivity index is 1.30. The minimum Gasteiger partial charge on any atom is -0.490 e. The molecular formula is C22H18N2O5S. The van der Waals surface area contributed by atoms with Gasteiger partial charge in [0.05, 0.1) is 4.88 Å². The lowest BCUT2D eigenvalue weighted by atomic mass is 10.2. The molecule has 0 radical (unpaired) electrons. The van der Waals surface area contributed by atoms with Gasteiger partial charge in [-0.25, -0.2) is 4.79 Å². The lowest BCUT2D eigenvalue weighted by Gasteiger charge is -2.11. The highest BCUT2D eigenvalue weighted by Gasteiger charge is 2.16. The highest BCUT2D eigenvalue weighted by molar-refractivity contribution is 7.13. The fourth-order valence-corrected chi connectivity index (χ4v) is 3.26. The fraction of sp³-hybridized carbons (Fsp3) is 0.136. The van der Waals surface area contributed by atoms with E-state index in [2.05, 4.69) is 10.1 Å². The summed E-state index contributed by atoms with van der Waals surface area (Å²) in [6.45, 7) is 0.510. The Labute approximate surface area is 176 Å². The van der Waals surface area contributed by atoms with Crippen molar-refractivity contribution in [2.24, 2.45) is 0 Å². The Morgan fingerprint density at radius 3 is 2.57 bits per heavy atom.